The number of anilines is 1. The van der Waals surface area contributed by atoms with Gasteiger partial charge < -0.3 is 14.6 Å². The Morgan fingerprint density at radius 1 is 0.456 bits per heavy atom. The van der Waals surface area contributed by atoms with Crippen LogP contribution in [0, 0.1) is 6.92 Å². The predicted molar refractivity (Wildman–Crippen MR) is 227 cm³/mol. The van der Waals surface area contributed by atoms with Gasteiger partial charge >= 0.3 is 0 Å². The number of carbonyl (C=O) groups excluding carboxylic acids is 2. The Morgan fingerprint density at radius 2 is 0.912 bits per heavy atom. The van der Waals surface area contributed by atoms with Gasteiger partial charge in [-0.2, -0.15) is 0 Å². The van der Waals surface area contributed by atoms with Crippen LogP contribution in [-0.2, 0) is 28.9 Å². The molecule has 4 unspecified atom stereocenters. The van der Waals surface area contributed by atoms with Crippen molar-refractivity contribution in [1.82, 2.24) is 0 Å². The summed E-state index contributed by atoms with van der Waals surface area (Å²) in [5, 5.41) is 4.29. The lowest BCUT2D eigenvalue weighted by molar-refractivity contribution is -0.121. The minimum Gasteiger partial charge on any atom is -0.456 e. The zero-order chi connectivity index (χ0) is 38.4. The highest BCUT2D eigenvalue weighted by atomic mass is 16.3. The summed E-state index contributed by atoms with van der Waals surface area (Å²) in [6, 6.07) is 49.4. The number of nitrogens with two attached hydrogens (primary N) is 1. The number of fused-ring (bicyclic) bond motifs is 8. The van der Waals surface area contributed by atoms with Crippen molar-refractivity contribution in [3.8, 4) is 0 Å². The fourth-order valence-corrected chi connectivity index (χ4v) is 10.0. The van der Waals surface area contributed by atoms with Gasteiger partial charge in [0.2, 0.25) is 0 Å². The van der Waals surface area contributed by atoms with Gasteiger partial charge in [0.25, 0.3) is 0 Å². The lowest BCUT2D eigenvalue weighted by Crippen LogP contribution is -2.18. The van der Waals surface area contributed by atoms with Gasteiger partial charge in [0.15, 0.2) is 5.78 Å². The average Bonchev–Trinajstić information content (AvgIpc) is 3.94. The van der Waals surface area contributed by atoms with E-state index in [-0.39, 0.29) is 29.3 Å². The van der Waals surface area contributed by atoms with Crippen molar-refractivity contribution in [3.05, 3.63) is 196 Å². The van der Waals surface area contributed by atoms with Gasteiger partial charge in [0, 0.05) is 45.0 Å². The van der Waals surface area contributed by atoms with Crippen LogP contribution in [0.4, 0.5) is 5.69 Å². The smallest absolute Gasteiger partial charge is 0.152 e. The molecule has 0 aliphatic heterocycles. The summed E-state index contributed by atoms with van der Waals surface area (Å²) in [4.78, 5) is 29.3. The van der Waals surface area contributed by atoms with Crippen molar-refractivity contribution in [2.24, 2.45) is 0 Å². The summed E-state index contributed by atoms with van der Waals surface area (Å²) >= 11 is 0. The SMILES string of the molecule is Cc1cc(N)c(C2C(=O)C(Cc3ccc4oc5ccccc5c4c3)c3ccccc32)cc1CC1C(=O)C(Cc2ccc3oc4ccccc4c3c2)c2ccccc21. The van der Waals surface area contributed by atoms with Crippen LogP contribution < -0.4 is 5.73 Å². The van der Waals surface area contributed by atoms with E-state index in [0.717, 1.165) is 93.9 Å². The molecule has 4 atom stereocenters. The van der Waals surface area contributed by atoms with E-state index in [1.807, 2.05) is 78.9 Å². The third-order valence-corrected chi connectivity index (χ3v) is 12.8. The van der Waals surface area contributed by atoms with Crippen LogP contribution in [0.15, 0.2) is 154 Å². The molecule has 57 heavy (non-hydrogen) atoms. The van der Waals surface area contributed by atoms with E-state index in [4.69, 9.17) is 14.6 Å². The molecule has 2 aliphatic rings. The van der Waals surface area contributed by atoms with Gasteiger partial charge in [-0.1, -0.05) is 103 Å². The van der Waals surface area contributed by atoms with Crippen LogP contribution in [-0.4, -0.2) is 11.6 Å². The standard InChI is InChI=1S/C52H39NO4/c1-29-22-45(53)44(50-38-15-5-4-12-35(38)42(52(50)55)26-31-19-21-49-40(24-31)37-14-7-9-17-47(37)57-49)28-32(29)27-43-34-11-3-2-10-33(34)41(51(43)54)25-30-18-20-48-39(23-30)36-13-6-8-16-46(36)56-48/h2-24,28,41-43,50H,25-27,53H2,1H3. The number of rotatable bonds is 7. The van der Waals surface area contributed by atoms with Crippen molar-refractivity contribution in [3.63, 3.8) is 0 Å². The molecule has 2 N–H and O–H groups in total. The molecular formula is C52H39NO4. The second-order valence-corrected chi connectivity index (χ2v) is 16.0. The molecule has 2 aromatic heterocycles. The molecule has 0 fully saturated rings. The maximum absolute atomic E-state index is 14.7. The topological polar surface area (TPSA) is 86.4 Å². The van der Waals surface area contributed by atoms with Crippen LogP contribution in [0.5, 0.6) is 0 Å². The summed E-state index contributed by atoms with van der Waals surface area (Å²) in [5.74, 6) is -0.964. The second-order valence-electron chi connectivity index (χ2n) is 16.0. The molecule has 11 rings (SSSR count). The maximum atomic E-state index is 14.7. The predicted octanol–water partition coefficient (Wildman–Crippen LogP) is 11.7. The number of hydrogen-bond acceptors (Lipinski definition) is 5. The molecule has 5 nitrogen and oxygen atoms in total. The highest BCUT2D eigenvalue weighted by Gasteiger charge is 2.42. The lowest BCUT2D eigenvalue weighted by Gasteiger charge is -2.20. The fourth-order valence-electron chi connectivity index (χ4n) is 10.0. The second kappa shape index (κ2) is 12.9. The van der Waals surface area contributed by atoms with E-state index in [2.05, 4.69) is 73.7 Å². The Bertz CT molecular complexity index is 3110. The van der Waals surface area contributed by atoms with Gasteiger partial charge in [-0.15, -0.1) is 0 Å². The summed E-state index contributed by atoms with van der Waals surface area (Å²) in [5.41, 5.74) is 20.2. The van der Waals surface area contributed by atoms with Gasteiger partial charge in [-0.3, -0.25) is 9.59 Å². The Morgan fingerprint density at radius 3 is 1.49 bits per heavy atom. The van der Waals surface area contributed by atoms with Crippen molar-refractivity contribution in [1.29, 1.82) is 0 Å². The Hall–Kier alpha value is -6.72. The van der Waals surface area contributed by atoms with Gasteiger partial charge in [0.1, 0.15) is 28.1 Å². The summed E-state index contributed by atoms with van der Waals surface area (Å²) < 4.78 is 12.2. The zero-order valence-electron chi connectivity index (χ0n) is 31.5. The van der Waals surface area contributed by atoms with Crippen LogP contribution in [0.3, 0.4) is 0 Å². The molecule has 2 aliphatic carbocycles. The minimum atomic E-state index is -0.489. The van der Waals surface area contributed by atoms with Crippen molar-refractivity contribution in [2.75, 3.05) is 5.73 Å². The van der Waals surface area contributed by atoms with Crippen LogP contribution in [0.1, 0.15) is 73.7 Å². The molecule has 276 valence electrons. The Kier molecular flexibility index (Phi) is 7.62. The number of carbonyl (C=O) groups is 2. The maximum Gasteiger partial charge on any atom is 0.152 e. The fraction of sp³-hybridized carbons (Fsp3) is 0.154. The number of nitrogen functional groups attached to an aromatic ring is 1. The zero-order valence-corrected chi connectivity index (χ0v) is 31.5. The monoisotopic (exact) mass is 741 g/mol. The average molecular weight is 742 g/mol. The van der Waals surface area contributed by atoms with Gasteiger partial charge in [0.05, 0.1) is 5.92 Å². The number of furan rings is 2. The number of benzene rings is 7. The minimum absolute atomic E-state index is 0.152. The number of Topliss-reactive ketones (excluding diaryl/α,β-unsaturated/α-hetero) is 2. The lowest BCUT2D eigenvalue weighted by atomic mass is 9.84. The number of para-hydroxylation sites is 2. The van der Waals surface area contributed by atoms with Gasteiger partial charge in [-0.05, 0) is 119 Å². The van der Waals surface area contributed by atoms with Crippen LogP contribution >= 0.6 is 0 Å². The van der Waals surface area contributed by atoms with E-state index in [9.17, 15) is 9.59 Å². The normalized spacial score (nSPS) is 19.0. The van der Waals surface area contributed by atoms with E-state index >= 15 is 0 Å². The third kappa shape index (κ3) is 5.37. The molecule has 0 amide bonds. The van der Waals surface area contributed by atoms with E-state index < -0.39 is 5.92 Å². The molecule has 0 spiro atoms. The molecule has 0 radical (unpaired) electrons. The molecule has 0 saturated carbocycles. The molecular weight excluding hydrogens is 703 g/mol. The van der Waals surface area contributed by atoms with Crippen LogP contribution in [0.2, 0.25) is 0 Å². The van der Waals surface area contributed by atoms with Crippen molar-refractivity contribution in [2.45, 2.75) is 49.9 Å². The van der Waals surface area contributed by atoms with Gasteiger partial charge in [-0.25, -0.2) is 0 Å². The first kappa shape index (κ1) is 33.6. The molecule has 0 saturated heterocycles. The van der Waals surface area contributed by atoms with Crippen molar-refractivity contribution >= 4 is 61.1 Å². The van der Waals surface area contributed by atoms with Crippen LogP contribution in [0.25, 0.3) is 43.9 Å². The largest absolute Gasteiger partial charge is 0.456 e. The molecule has 5 heteroatoms. The number of aryl methyl sites for hydroxylation is 1. The first-order chi connectivity index (χ1) is 27.9. The van der Waals surface area contributed by atoms with Crippen molar-refractivity contribution < 1.29 is 18.4 Å². The number of ketones is 2. The molecule has 2 heterocycles. The third-order valence-electron chi connectivity index (χ3n) is 12.8. The summed E-state index contributed by atoms with van der Waals surface area (Å²) in [6.07, 6.45) is 1.74. The van der Waals surface area contributed by atoms with E-state index in [1.54, 1.807) is 0 Å². The summed E-state index contributed by atoms with van der Waals surface area (Å²) in [7, 11) is 0. The molecule has 0 bridgehead atoms. The number of hydrogen-bond donors (Lipinski definition) is 1. The highest BCUT2D eigenvalue weighted by molar-refractivity contribution is 6.06. The first-order valence-corrected chi connectivity index (χ1v) is 19.8. The van der Waals surface area contributed by atoms with E-state index in [1.165, 1.54) is 0 Å². The first-order valence-electron chi connectivity index (χ1n) is 19.8. The van der Waals surface area contributed by atoms with E-state index in [0.29, 0.717) is 24.9 Å². The quantitative estimate of drug-likeness (QED) is 0.164. The Balaban J connectivity index is 0.906. The Labute approximate surface area is 329 Å². The molecule has 7 aromatic carbocycles. The highest BCUT2D eigenvalue weighted by Crippen LogP contribution is 2.48. The summed E-state index contributed by atoms with van der Waals surface area (Å²) in [6.45, 7) is 2.06. The molecule has 9 aromatic rings.